The van der Waals surface area contributed by atoms with E-state index in [1.807, 2.05) is 19.9 Å². The number of likely N-dealkylation sites (N-methyl/N-ethyl adjacent to an activating group) is 1. The molecule has 7 nitrogen and oxygen atoms in total. The molecule has 1 aliphatic heterocycles. The molecule has 1 saturated heterocycles. The summed E-state index contributed by atoms with van der Waals surface area (Å²) in [6, 6.07) is 2.65. The number of anilines is 1. The van der Waals surface area contributed by atoms with Crippen LogP contribution in [-0.2, 0) is 9.53 Å². The van der Waals surface area contributed by atoms with Gasteiger partial charge >= 0.3 is 5.97 Å². The van der Waals surface area contributed by atoms with E-state index >= 15 is 0 Å². The van der Waals surface area contributed by atoms with Crippen LogP contribution in [0.2, 0.25) is 0 Å². The normalized spacial score (nSPS) is 22.5. The third-order valence-corrected chi connectivity index (χ3v) is 4.01. The number of nitrogens with zero attached hydrogens (tertiary/aromatic N) is 3. The number of aromatic nitrogens is 1. The summed E-state index contributed by atoms with van der Waals surface area (Å²) in [5.74, 6) is -1.45. The monoisotopic (exact) mass is 321 g/mol. The number of pyridine rings is 1. The summed E-state index contributed by atoms with van der Waals surface area (Å²) in [7, 11) is 1.47. The molecule has 23 heavy (non-hydrogen) atoms. The Morgan fingerprint density at radius 2 is 2.00 bits per heavy atom. The highest BCUT2D eigenvalue weighted by Gasteiger charge is 2.26. The van der Waals surface area contributed by atoms with Gasteiger partial charge in [0.1, 0.15) is 11.7 Å². The number of carbonyl (C=O) groups is 2. The van der Waals surface area contributed by atoms with E-state index in [4.69, 9.17) is 9.84 Å². The van der Waals surface area contributed by atoms with Gasteiger partial charge in [-0.25, -0.2) is 4.79 Å². The Kier molecular flexibility index (Phi) is 5.20. The Hall–Kier alpha value is -2.15. The van der Waals surface area contributed by atoms with E-state index in [1.54, 1.807) is 12.3 Å². The van der Waals surface area contributed by atoms with Crippen LogP contribution in [0, 0.1) is 0 Å². The van der Waals surface area contributed by atoms with E-state index in [9.17, 15) is 9.59 Å². The molecule has 2 heterocycles. The molecule has 0 radical (unpaired) electrons. The zero-order valence-electron chi connectivity index (χ0n) is 13.9. The standard InChI is InChI=1S/C16H23N3O4/c1-10-8-19(9-11(2)23-10)13-5-6-17-14(7-13)15(20)18(4)12(3)16(21)22/h5-7,10-12H,8-9H2,1-4H3,(H,21,22). The van der Waals surface area contributed by atoms with Crippen LogP contribution in [0.25, 0.3) is 0 Å². The zero-order chi connectivity index (χ0) is 17.1. The van der Waals surface area contributed by atoms with Crippen molar-refractivity contribution in [1.29, 1.82) is 0 Å². The van der Waals surface area contributed by atoms with Gasteiger partial charge in [0.2, 0.25) is 0 Å². The average Bonchev–Trinajstić information content (AvgIpc) is 2.51. The van der Waals surface area contributed by atoms with Gasteiger partial charge in [-0.3, -0.25) is 9.78 Å². The van der Waals surface area contributed by atoms with Gasteiger partial charge in [0.25, 0.3) is 5.91 Å². The summed E-state index contributed by atoms with van der Waals surface area (Å²) >= 11 is 0. The quantitative estimate of drug-likeness (QED) is 0.898. The van der Waals surface area contributed by atoms with Crippen molar-refractivity contribution in [1.82, 2.24) is 9.88 Å². The molecule has 1 aromatic heterocycles. The van der Waals surface area contributed by atoms with Crippen molar-refractivity contribution in [3.63, 3.8) is 0 Å². The van der Waals surface area contributed by atoms with Gasteiger partial charge in [-0.15, -0.1) is 0 Å². The molecule has 0 bridgehead atoms. The first-order valence-electron chi connectivity index (χ1n) is 7.66. The molecule has 1 fully saturated rings. The number of carboxylic acid groups (broad SMARTS) is 1. The van der Waals surface area contributed by atoms with Crippen molar-refractivity contribution in [3.05, 3.63) is 24.0 Å². The number of hydrogen-bond acceptors (Lipinski definition) is 5. The first-order valence-corrected chi connectivity index (χ1v) is 7.66. The summed E-state index contributed by atoms with van der Waals surface area (Å²) in [6.45, 7) is 6.97. The molecule has 1 aliphatic rings. The first kappa shape index (κ1) is 17.2. The van der Waals surface area contributed by atoms with Crippen molar-refractivity contribution >= 4 is 17.6 Å². The fourth-order valence-corrected chi connectivity index (χ4v) is 2.64. The predicted molar refractivity (Wildman–Crippen MR) is 85.7 cm³/mol. The molecule has 0 aliphatic carbocycles. The number of aliphatic carboxylic acids is 1. The number of carbonyl (C=O) groups excluding carboxylic acids is 1. The van der Waals surface area contributed by atoms with E-state index in [1.165, 1.54) is 18.9 Å². The van der Waals surface area contributed by atoms with Crippen molar-refractivity contribution in [2.75, 3.05) is 25.0 Å². The fraction of sp³-hybridized carbons (Fsp3) is 0.562. The SMILES string of the molecule is CC1CN(c2ccnc(C(=O)N(C)C(C)C(=O)O)c2)CC(C)O1. The van der Waals surface area contributed by atoms with E-state index in [-0.39, 0.29) is 17.9 Å². The topological polar surface area (TPSA) is 83.0 Å². The maximum absolute atomic E-state index is 12.4. The second-order valence-electron chi connectivity index (χ2n) is 5.99. The highest BCUT2D eigenvalue weighted by molar-refractivity contribution is 5.95. The highest BCUT2D eigenvalue weighted by Crippen LogP contribution is 2.21. The van der Waals surface area contributed by atoms with Crippen LogP contribution in [0.15, 0.2) is 18.3 Å². The third-order valence-electron chi connectivity index (χ3n) is 4.01. The van der Waals surface area contributed by atoms with Crippen molar-refractivity contribution in [2.24, 2.45) is 0 Å². The average molecular weight is 321 g/mol. The van der Waals surface area contributed by atoms with Crippen LogP contribution in [0.1, 0.15) is 31.3 Å². The first-order chi connectivity index (χ1) is 10.8. The smallest absolute Gasteiger partial charge is 0.326 e. The minimum Gasteiger partial charge on any atom is -0.480 e. The lowest BCUT2D eigenvalue weighted by molar-refractivity contribution is -0.141. The zero-order valence-corrected chi connectivity index (χ0v) is 13.9. The van der Waals surface area contributed by atoms with E-state index in [0.29, 0.717) is 0 Å². The summed E-state index contributed by atoms with van der Waals surface area (Å²) in [6.07, 6.45) is 1.80. The number of rotatable bonds is 4. The molecule has 1 amide bonds. The molecule has 0 aromatic carbocycles. The Morgan fingerprint density at radius 3 is 2.57 bits per heavy atom. The molecule has 2 rings (SSSR count). The molecule has 3 unspecified atom stereocenters. The number of amides is 1. The Morgan fingerprint density at radius 1 is 1.39 bits per heavy atom. The second-order valence-corrected chi connectivity index (χ2v) is 5.99. The predicted octanol–water partition coefficient (Wildman–Crippen LogP) is 1.24. The molecular weight excluding hydrogens is 298 g/mol. The Bertz CT molecular complexity index is 582. The minimum absolute atomic E-state index is 0.112. The van der Waals surface area contributed by atoms with Gasteiger partial charge in [-0.2, -0.15) is 0 Å². The van der Waals surface area contributed by atoms with Gasteiger partial charge in [0.05, 0.1) is 12.2 Å². The lowest BCUT2D eigenvalue weighted by Gasteiger charge is -2.37. The molecule has 0 saturated carbocycles. The summed E-state index contributed by atoms with van der Waals surface area (Å²) < 4.78 is 5.71. The van der Waals surface area contributed by atoms with E-state index < -0.39 is 17.9 Å². The van der Waals surface area contributed by atoms with E-state index in [2.05, 4.69) is 9.88 Å². The van der Waals surface area contributed by atoms with Crippen LogP contribution in [0.4, 0.5) is 5.69 Å². The van der Waals surface area contributed by atoms with Gasteiger partial charge in [-0.1, -0.05) is 0 Å². The van der Waals surface area contributed by atoms with Gasteiger partial charge in [-0.05, 0) is 32.9 Å². The van der Waals surface area contributed by atoms with Gasteiger partial charge < -0.3 is 19.6 Å². The molecule has 0 spiro atoms. The van der Waals surface area contributed by atoms with Crippen molar-refractivity contribution < 1.29 is 19.4 Å². The van der Waals surface area contributed by atoms with Crippen LogP contribution in [-0.4, -0.2) is 65.3 Å². The van der Waals surface area contributed by atoms with Gasteiger partial charge in [0, 0.05) is 32.0 Å². The summed E-state index contributed by atoms with van der Waals surface area (Å²) in [4.78, 5) is 30.9. The van der Waals surface area contributed by atoms with Crippen molar-refractivity contribution in [3.8, 4) is 0 Å². The van der Waals surface area contributed by atoms with Crippen molar-refractivity contribution in [2.45, 2.75) is 39.0 Å². The Labute approximate surface area is 135 Å². The maximum Gasteiger partial charge on any atom is 0.326 e. The third kappa shape index (κ3) is 3.98. The number of morpholine rings is 1. The maximum atomic E-state index is 12.4. The highest BCUT2D eigenvalue weighted by atomic mass is 16.5. The summed E-state index contributed by atoms with van der Waals surface area (Å²) in [5, 5.41) is 9.03. The van der Waals surface area contributed by atoms with Gasteiger partial charge in [0.15, 0.2) is 0 Å². The molecule has 1 aromatic rings. The number of hydrogen-bond donors (Lipinski definition) is 1. The largest absolute Gasteiger partial charge is 0.480 e. The Balaban J connectivity index is 2.19. The van der Waals surface area contributed by atoms with Crippen LogP contribution < -0.4 is 4.90 Å². The number of ether oxygens (including phenoxy) is 1. The lowest BCUT2D eigenvalue weighted by atomic mass is 10.2. The minimum atomic E-state index is -1.05. The molecule has 7 heteroatoms. The lowest BCUT2D eigenvalue weighted by Crippen LogP contribution is -2.45. The molecule has 3 atom stereocenters. The van der Waals surface area contributed by atoms with Crippen LogP contribution >= 0.6 is 0 Å². The number of carboxylic acids is 1. The fourth-order valence-electron chi connectivity index (χ4n) is 2.64. The second kappa shape index (κ2) is 6.95. The molecule has 1 N–H and O–H groups in total. The summed E-state index contributed by atoms with van der Waals surface area (Å²) in [5.41, 5.74) is 1.13. The molecule has 126 valence electrons. The van der Waals surface area contributed by atoms with E-state index in [0.717, 1.165) is 18.8 Å². The van der Waals surface area contributed by atoms with Crippen LogP contribution in [0.3, 0.4) is 0 Å². The van der Waals surface area contributed by atoms with Crippen LogP contribution in [0.5, 0.6) is 0 Å². The molecular formula is C16H23N3O4.